The Bertz CT molecular complexity index is 470. The van der Waals surface area contributed by atoms with Crippen molar-refractivity contribution in [2.75, 3.05) is 0 Å². The molecule has 0 saturated carbocycles. The fourth-order valence-electron chi connectivity index (χ4n) is 1.42. The second kappa shape index (κ2) is 6.17. The highest BCUT2D eigenvalue weighted by Gasteiger charge is 2.04. The Morgan fingerprint density at radius 3 is 1.11 bits per heavy atom. The van der Waals surface area contributed by atoms with Crippen LogP contribution in [0.25, 0.3) is 0 Å². The fourth-order valence-corrected chi connectivity index (χ4v) is 2.59. The molecule has 0 aliphatic carbocycles. The predicted molar refractivity (Wildman–Crippen MR) is 67.5 cm³/mol. The Morgan fingerprint density at radius 1 is 0.556 bits per heavy atom. The molecule has 0 atom stereocenters. The molecule has 96 valence electrons. The zero-order valence-electron chi connectivity index (χ0n) is 8.88. The molecule has 2 aromatic carbocycles. The highest BCUT2D eigenvalue weighted by Crippen LogP contribution is 2.14. The Kier molecular flexibility index (Phi) is 5.12. The Labute approximate surface area is 109 Å². The van der Waals surface area contributed by atoms with Gasteiger partial charge in [-0.15, -0.1) is 12.4 Å². The summed E-state index contributed by atoms with van der Waals surface area (Å²) < 4.78 is 51.6. The summed E-state index contributed by atoms with van der Waals surface area (Å²) in [4.78, 5) is 0. The maximum Gasteiger partial charge on any atom is 0.126 e. The minimum absolute atomic E-state index is 0. The van der Waals surface area contributed by atoms with E-state index in [0.29, 0.717) is 10.6 Å². The molecule has 0 aromatic heterocycles. The van der Waals surface area contributed by atoms with Crippen LogP contribution >= 0.6 is 21.0 Å². The van der Waals surface area contributed by atoms with Crippen LogP contribution in [0.15, 0.2) is 36.4 Å². The van der Waals surface area contributed by atoms with Crippen LogP contribution in [0.4, 0.5) is 17.6 Å². The molecular formula is C12H8ClF4P. The van der Waals surface area contributed by atoms with Crippen LogP contribution in [0, 0.1) is 23.3 Å². The summed E-state index contributed by atoms with van der Waals surface area (Å²) >= 11 is 0. The second-order valence-electron chi connectivity index (χ2n) is 3.44. The van der Waals surface area contributed by atoms with E-state index in [1.54, 1.807) is 0 Å². The van der Waals surface area contributed by atoms with Crippen LogP contribution < -0.4 is 10.6 Å². The van der Waals surface area contributed by atoms with Crippen LogP contribution in [0.1, 0.15) is 0 Å². The molecule has 18 heavy (non-hydrogen) atoms. The third-order valence-corrected chi connectivity index (χ3v) is 3.17. The van der Waals surface area contributed by atoms with Crippen molar-refractivity contribution in [1.29, 1.82) is 0 Å². The van der Waals surface area contributed by atoms with Gasteiger partial charge in [0.25, 0.3) is 0 Å². The maximum absolute atomic E-state index is 12.9. The molecule has 0 N–H and O–H groups in total. The van der Waals surface area contributed by atoms with Gasteiger partial charge in [0.15, 0.2) is 0 Å². The van der Waals surface area contributed by atoms with Gasteiger partial charge in [0.05, 0.1) is 0 Å². The Morgan fingerprint density at radius 2 is 0.833 bits per heavy atom. The monoisotopic (exact) mass is 294 g/mol. The number of hydrogen-bond acceptors (Lipinski definition) is 0. The summed E-state index contributed by atoms with van der Waals surface area (Å²) in [6, 6.07) is 6.07. The Balaban J connectivity index is 0.00000162. The van der Waals surface area contributed by atoms with E-state index < -0.39 is 23.3 Å². The van der Waals surface area contributed by atoms with Gasteiger partial charge in [0, 0.05) is 12.1 Å². The van der Waals surface area contributed by atoms with Crippen molar-refractivity contribution in [2.45, 2.75) is 0 Å². The first kappa shape index (κ1) is 14.9. The number of benzene rings is 2. The SMILES string of the molecule is Cl.Fc1cc(F)cc(Pc2cc(F)cc(F)c2)c1. The molecule has 0 radical (unpaired) electrons. The highest BCUT2D eigenvalue weighted by molar-refractivity contribution is 7.55. The zero-order chi connectivity index (χ0) is 12.4. The normalized spacial score (nSPS) is 10.0. The zero-order valence-corrected chi connectivity index (χ0v) is 10.7. The number of rotatable bonds is 2. The first-order valence-electron chi connectivity index (χ1n) is 4.72. The van der Waals surface area contributed by atoms with E-state index in [-0.39, 0.29) is 21.0 Å². The third kappa shape index (κ3) is 3.97. The van der Waals surface area contributed by atoms with E-state index in [1.165, 1.54) is 0 Å². The first-order valence-corrected chi connectivity index (χ1v) is 5.72. The predicted octanol–water partition coefficient (Wildman–Crippen LogP) is 3.29. The van der Waals surface area contributed by atoms with Crippen molar-refractivity contribution in [1.82, 2.24) is 0 Å². The standard InChI is InChI=1S/C12H7F4P.ClH/c13-7-1-8(14)4-11(3-7)17-12-5-9(15)2-10(16)6-12;/h1-6,17H;1H. The lowest BCUT2D eigenvalue weighted by Gasteiger charge is -2.03. The smallest absolute Gasteiger partial charge is 0.126 e. The van der Waals surface area contributed by atoms with Gasteiger partial charge in [0.1, 0.15) is 23.3 Å². The average Bonchev–Trinajstić information content (AvgIpc) is 2.13. The fraction of sp³-hybridized carbons (Fsp3) is 0. The van der Waals surface area contributed by atoms with Crippen molar-refractivity contribution < 1.29 is 17.6 Å². The lowest BCUT2D eigenvalue weighted by molar-refractivity contribution is 0.585. The Hall–Kier alpha value is -1.12. The molecular weight excluding hydrogens is 287 g/mol. The lowest BCUT2D eigenvalue weighted by Crippen LogP contribution is -2.06. The quantitative estimate of drug-likeness (QED) is 0.589. The topological polar surface area (TPSA) is 0 Å². The summed E-state index contributed by atoms with van der Waals surface area (Å²) in [6.45, 7) is 0. The van der Waals surface area contributed by atoms with E-state index in [1.807, 2.05) is 0 Å². The molecule has 0 aliphatic rings. The molecule has 0 nitrogen and oxygen atoms in total. The summed E-state index contributed by atoms with van der Waals surface area (Å²) in [7, 11) is -0.198. The maximum atomic E-state index is 12.9. The minimum Gasteiger partial charge on any atom is -0.207 e. The summed E-state index contributed by atoms with van der Waals surface area (Å²) in [5.41, 5.74) is 0. The van der Waals surface area contributed by atoms with Gasteiger partial charge in [-0.2, -0.15) is 0 Å². The van der Waals surface area contributed by atoms with E-state index in [4.69, 9.17) is 0 Å². The van der Waals surface area contributed by atoms with Crippen molar-refractivity contribution in [3.05, 3.63) is 59.7 Å². The molecule has 2 rings (SSSR count). The van der Waals surface area contributed by atoms with E-state index in [0.717, 1.165) is 36.4 Å². The van der Waals surface area contributed by atoms with E-state index in [2.05, 4.69) is 0 Å². The summed E-state index contributed by atoms with van der Waals surface area (Å²) in [6.07, 6.45) is 0. The molecule has 0 fully saturated rings. The summed E-state index contributed by atoms with van der Waals surface area (Å²) in [5.74, 6) is -2.82. The van der Waals surface area contributed by atoms with Gasteiger partial charge in [0.2, 0.25) is 0 Å². The molecule has 6 heteroatoms. The molecule has 0 heterocycles. The van der Waals surface area contributed by atoms with Crippen molar-refractivity contribution in [3.8, 4) is 0 Å². The van der Waals surface area contributed by atoms with Crippen LogP contribution in [0.2, 0.25) is 0 Å². The van der Waals surface area contributed by atoms with Gasteiger partial charge >= 0.3 is 0 Å². The van der Waals surface area contributed by atoms with Crippen LogP contribution in [-0.2, 0) is 0 Å². The molecule has 0 aliphatic heterocycles. The van der Waals surface area contributed by atoms with E-state index >= 15 is 0 Å². The van der Waals surface area contributed by atoms with E-state index in [9.17, 15) is 17.6 Å². The largest absolute Gasteiger partial charge is 0.207 e. The number of hydrogen-bond donors (Lipinski definition) is 0. The molecule has 2 aromatic rings. The second-order valence-corrected chi connectivity index (χ2v) is 4.85. The van der Waals surface area contributed by atoms with Crippen molar-refractivity contribution in [3.63, 3.8) is 0 Å². The minimum atomic E-state index is -0.704. The van der Waals surface area contributed by atoms with Crippen LogP contribution in [-0.4, -0.2) is 0 Å². The van der Waals surface area contributed by atoms with Gasteiger partial charge < -0.3 is 0 Å². The first-order chi connectivity index (χ1) is 8.02. The molecule has 0 saturated heterocycles. The van der Waals surface area contributed by atoms with Crippen molar-refractivity contribution >= 4 is 31.6 Å². The van der Waals surface area contributed by atoms with Gasteiger partial charge in [-0.25, -0.2) is 17.6 Å². The molecule has 0 bridgehead atoms. The highest BCUT2D eigenvalue weighted by atomic mass is 35.5. The van der Waals surface area contributed by atoms with Crippen molar-refractivity contribution in [2.24, 2.45) is 0 Å². The molecule has 0 unspecified atom stereocenters. The third-order valence-electron chi connectivity index (χ3n) is 2.01. The van der Waals surface area contributed by atoms with Gasteiger partial charge in [-0.1, -0.05) is 8.58 Å². The van der Waals surface area contributed by atoms with Crippen LogP contribution in [0.5, 0.6) is 0 Å². The lowest BCUT2D eigenvalue weighted by atomic mass is 10.3. The van der Waals surface area contributed by atoms with Crippen LogP contribution in [0.3, 0.4) is 0 Å². The van der Waals surface area contributed by atoms with Gasteiger partial charge in [-0.05, 0) is 34.9 Å². The number of halogens is 5. The average molecular weight is 295 g/mol. The van der Waals surface area contributed by atoms with Gasteiger partial charge in [-0.3, -0.25) is 0 Å². The summed E-state index contributed by atoms with van der Waals surface area (Å²) in [5, 5.41) is 0.708. The molecule has 0 spiro atoms. The molecule has 0 amide bonds.